The van der Waals surface area contributed by atoms with Crippen LogP contribution in [0.15, 0.2) is 16.6 Å². The van der Waals surface area contributed by atoms with Crippen molar-refractivity contribution in [2.45, 2.75) is 20.8 Å². The summed E-state index contributed by atoms with van der Waals surface area (Å²) in [5, 5.41) is 12.4. The fraction of sp³-hybridized carbons (Fsp3) is 0.417. The summed E-state index contributed by atoms with van der Waals surface area (Å²) in [6, 6.07) is 0. The molecule has 0 amide bonds. The van der Waals surface area contributed by atoms with Gasteiger partial charge in [-0.15, -0.1) is 10.2 Å². The number of hydrogen-bond acceptors (Lipinski definition) is 6. The van der Waals surface area contributed by atoms with Crippen LogP contribution in [0.25, 0.3) is 0 Å². The number of aromatic nitrogens is 4. The molecule has 8 nitrogen and oxygen atoms in total. The first-order valence-electron chi connectivity index (χ1n) is 6.17. The van der Waals surface area contributed by atoms with Crippen LogP contribution in [0, 0.1) is 13.8 Å². The Morgan fingerprint density at radius 3 is 2.80 bits per heavy atom. The number of aromatic amines is 1. The van der Waals surface area contributed by atoms with Crippen LogP contribution in [0.2, 0.25) is 0 Å². The smallest absolute Gasteiger partial charge is 0.358 e. The van der Waals surface area contributed by atoms with E-state index in [4.69, 9.17) is 4.74 Å². The molecule has 0 aromatic carbocycles. The molecule has 0 spiro atoms. The van der Waals surface area contributed by atoms with Gasteiger partial charge in [-0.05, 0) is 20.8 Å². The average molecular weight is 276 g/mol. The Labute approximate surface area is 115 Å². The van der Waals surface area contributed by atoms with Gasteiger partial charge in [-0.25, -0.2) is 9.78 Å². The summed E-state index contributed by atoms with van der Waals surface area (Å²) in [5.74, 6) is -0.301. The number of carbonyl (C=O) groups excluding carboxylic acids is 1. The molecule has 0 aliphatic carbocycles. The van der Waals surface area contributed by atoms with E-state index in [0.29, 0.717) is 5.69 Å². The lowest BCUT2D eigenvalue weighted by Crippen LogP contribution is -2.04. The van der Waals surface area contributed by atoms with Crippen LogP contribution >= 0.6 is 0 Å². The van der Waals surface area contributed by atoms with Gasteiger partial charge in [0.05, 0.1) is 24.3 Å². The molecule has 0 bridgehead atoms. The number of carbonyl (C=O) groups is 1. The van der Waals surface area contributed by atoms with Gasteiger partial charge >= 0.3 is 5.97 Å². The first-order chi connectivity index (χ1) is 9.54. The van der Waals surface area contributed by atoms with E-state index in [1.165, 1.54) is 6.33 Å². The number of rotatable bonds is 4. The fourth-order valence-corrected chi connectivity index (χ4v) is 1.72. The highest BCUT2D eigenvalue weighted by Crippen LogP contribution is 2.25. The van der Waals surface area contributed by atoms with Crippen molar-refractivity contribution in [2.75, 3.05) is 6.61 Å². The second kappa shape index (κ2) is 5.64. The molecule has 0 saturated carbocycles. The first kappa shape index (κ1) is 13.9. The van der Waals surface area contributed by atoms with Crippen molar-refractivity contribution in [3.63, 3.8) is 0 Å². The summed E-state index contributed by atoms with van der Waals surface area (Å²) >= 11 is 0. The van der Waals surface area contributed by atoms with Crippen molar-refractivity contribution in [2.24, 2.45) is 17.3 Å². The van der Waals surface area contributed by atoms with E-state index in [1.54, 1.807) is 11.6 Å². The highest BCUT2D eigenvalue weighted by atomic mass is 16.5. The minimum atomic E-state index is -0.501. The molecule has 0 saturated heterocycles. The number of aryl methyl sites for hydroxylation is 2. The van der Waals surface area contributed by atoms with Crippen molar-refractivity contribution in [1.29, 1.82) is 0 Å². The van der Waals surface area contributed by atoms with Gasteiger partial charge in [-0.3, -0.25) is 4.68 Å². The molecule has 0 atom stereocenters. The number of H-pyrrole nitrogens is 1. The van der Waals surface area contributed by atoms with Gasteiger partial charge in [-0.2, -0.15) is 5.10 Å². The molecular weight excluding hydrogens is 260 g/mol. The van der Waals surface area contributed by atoms with E-state index in [-0.39, 0.29) is 18.1 Å². The largest absolute Gasteiger partial charge is 0.461 e. The van der Waals surface area contributed by atoms with Gasteiger partial charge in [0.25, 0.3) is 0 Å². The van der Waals surface area contributed by atoms with E-state index in [1.807, 2.05) is 20.9 Å². The Hall–Kier alpha value is -2.51. The molecule has 20 heavy (non-hydrogen) atoms. The fourth-order valence-electron chi connectivity index (χ4n) is 1.72. The summed E-state index contributed by atoms with van der Waals surface area (Å²) in [4.78, 5) is 18.3. The first-order valence-corrected chi connectivity index (χ1v) is 6.17. The SMILES string of the molecule is CCOC(=O)c1[nH]cnc1N=Nc1c(C)nn(C)c1C. The molecule has 8 heteroatoms. The lowest BCUT2D eigenvalue weighted by Gasteiger charge is -1.98. The van der Waals surface area contributed by atoms with Crippen molar-refractivity contribution in [1.82, 2.24) is 19.7 Å². The predicted octanol–water partition coefficient (Wildman–Crippen LogP) is 2.35. The Kier molecular flexibility index (Phi) is 3.92. The normalized spacial score (nSPS) is 11.2. The zero-order valence-corrected chi connectivity index (χ0v) is 11.8. The molecular formula is C12H16N6O2. The highest BCUT2D eigenvalue weighted by Gasteiger charge is 2.16. The van der Waals surface area contributed by atoms with E-state index in [9.17, 15) is 4.79 Å². The zero-order valence-electron chi connectivity index (χ0n) is 11.8. The quantitative estimate of drug-likeness (QED) is 0.684. The van der Waals surface area contributed by atoms with Gasteiger partial charge in [0.15, 0.2) is 5.69 Å². The third-order valence-corrected chi connectivity index (χ3v) is 2.81. The van der Waals surface area contributed by atoms with Crippen molar-refractivity contribution >= 4 is 17.5 Å². The van der Waals surface area contributed by atoms with Crippen LogP contribution in [-0.4, -0.2) is 32.3 Å². The number of nitrogens with one attached hydrogen (secondary N) is 1. The standard InChI is InChI=1S/C12H16N6O2/c1-5-20-12(19)10-11(14-6-13-10)16-15-9-7(2)17-18(4)8(9)3/h6H,5H2,1-4H3,(H,13,14). The summed E-state index contributed by atoms with van der Waals surface area (Å²) in [7, 11) is 1.83. The lowest BCUT2D eigenvalue weighted by atomic mass is 10.3. The number of imidazole rings is 1. The van der Waals surface area contributed by atoms with Crippen molar-refractivity contribution < 1.29 is 9.53 Å². The van der Waals surface area contributed by atoms with Crippen molar-refractivity contribution in [3.05, 3.63) is 23.4 Å². The van der Waals surface area contributed by atoms with Crippen LogP contribution in [0.4, 0.5) is 11.5 Å². The Balaban J connectivity index is 2.28. The summed E-state index contributed by atoms with van der Waals surface area (Å²) in [6.45, 7) is 5.76. The van der Waals surface area contributed by atoms with Crippen LogP contribution in [-0.2, 0) is 11.8 Å². The maximum Gasteiger partial charge on any atom is 0.358 e. The molecule has 0 aliphatic heterocycles. The van der Waals surface area contributed by atoms with Gasteiger partial charge in [0, 0.05) is 7.05 Å². The summed E-state index contributed by atoms with van der Waals surface area (Å²) < 4.78 is 6.62. The summed E-state index contributed by atoms with van der Waals surface area (Å²) in [5.41, 5.74) is 2.52. The van der Waals surface area contributed by atoms with Gasteiger partial charge < -0.3 is 9.72 Å². The van der Waals surface area contributed by atoms with E-state index >= 15 is 0 Å². The molecule has 106 valence electrons. The zero-order chi connectivity index (χ0) is 14.7. The molecule has 2 heterocycles. The molecule has 2 rings (SSSR count). The molecule has 0 unspecified atom stereocenters. The average Bonchev–Trinajstić information content (AvgIpc) is 2.95. The molecule has 2 aromatic heterocycles. The van der Waals surface area contributed by atoms with Gasteiger partial charge in [0.1, 0.15) is 5.69 Å². The molecule has 2 aromatic rings. The molecule has 1 N–H and O–H groups in total. The molecule has 0 fully saturated rings. The lowest BCUT2D eigenvalue weighted by molar-refractivity contribution is 0.0521. The molecule has 0 aliphatic rings. The van der Waals surface area contributed by atoms with Crippen LogP contribution in [0.5, 0.6) is 0 Å². The maximum absolute atomic E-state index is 11.7. The third kappa shape index (κ3) is 2.58. The monoisotopic (exact) mass is 276 g/mol. The second-order valence-corrected chi connectivity index (χ2v) is 4.16. The number of azo groups is 1. The Morgan fingerprint density at radius 2 is 2.20 bits per heavy atom. The Bertz CT molecular complexity index is 655. The number of esters is 1. The van der Waals surface area contributed by atoms with E-state index in [2.05, 4.69) is 25.3 Å². The summed E-state index contributed by atoms with van der Waals surface area (Å²) in [6.07, 6.45) is 1.38. The number of ether oxygens (including phenoxy) is 1. The topological polar surface area (TPSA) is 97.5 Å². The minimum Gasteiger partial charge on any atom is -0.461 e. The Morgan fingerprint density at radius 1 is 1.45 bits per heavy atom. The van der Waals surface area contributed by atoms with E-state index < -0.39 is 5.97 Å². The van der Waals surface area contributed by atoms with Crippen LogP contribution < -0.4 is 0 Å². The van der Waals surface area contributed by atoms with Gasteiger partial charge in [0.2, 0.25) is 5.82 Å². The molecule has 0 radical (unpaired) electrons. The second-order valence-electron chi connectivity index (χ2n) is 4.16. The van der Waals surface area contributed by atoms with Crippen LogP contribution in [0.3, 0.4) is 0 Å². The maximum atomic E-state index is 11.7. The predicted molar refractivity (Wildman–Crippen MR) is 71.4 cm³/mol. The number of nitrogens with zero attached hydrogens (tertiary/aromatic N) is 5. The van der Waals surface area contributed by atoms with Crippen molar-refractivity contribution in [3.8, 4) is 0 Å². The van der Waals surface area contributed by atoms with E-state index in [0.717, 1.165) is 11.4 Å². The minimum absolute atomic E-state index is 0.190. The number of hydrogen-bond donors (Lipinski definition) is 1. The highest BCUT2D eigenvalue weighted by molar-refractivity contribution is 5.91. The third-order valence-electron chi connectivity index (χ3n) is 2.81. The van der Waals surface area contributed by atoms with Gasteiger partial charge in [-0.1, -0.05) is 0 Å². The van der Waals surface area contributed by atoms with Crippen LogP contribution in [0.1, 0.15) is 28.8 Å².